The van der Waals surface area contributed by atoms with Crippen LogP contribution in [0.25, 0.3) is 11.4 Å². The number of benzene rings is 1. The van der Waals surface area contributed by atoms with Crippen LogP contribution in [0.3, 0.4) is 0 Å². The minimum absolute atomic E-state index is 0.0234. The Bertz CT molecular complexity index is 462. The summed E-state index contributed by atoms with van der Waals surface area (Å²) in [6, 6.07) is 7.99. The van der Waals surface area contributed by atoms with Crippen LogP contribution < -0.4 is 5.73 Å². The largest absolute Gasteiger partial charge is 0.348 e. The third-order valence-electron chi connectivity index (χ3n) is 2.25. The molecule has 2 aromatic rings. The molecule has 0 aliphatic carbocycles. The van der Waals surface area contributed by atoms with Gasteiger partial charge in [0.2, 0.25) is 5.82 Å². The van der Waals surface area contributed by atoms with Crippen molar-refractivity contribution in [1.29, 1.82) is 0 Å². The van der Waals surface area contributed by atoms with Crippen LogP contribution in [0.1, 0.15) is 24.4 Å². The molecule has 4 nitrogen and oxygen atoms in total. The molecule has 3 N–H and O–H groups in total. The van der Waals surface area contributed by atoms with E-state index in [0.717, 1.165) is 11.1 Å². The average Bonchev–Trinajstić information content (AvgIpc) is 2.67. The molecule has 15 heavy (non-hydrogen) atoms. The first-order valence-electron chi connectivity index (χ1n) is 4.91. The van der Waals surface area contributed by atoms with E-state index in [4.69, 9.17) is 4.52 Å². The zero-order chi connectivity index (χ0) is 10.8. The number of quaternary nitrogens is 1. The molecule has 1 aromatic carbocycles. The summed E-state index contributed by atoms with van der Waals surface area (Å²) in [4.78, 5) is 4.30. The van der Waals surface area contributed by atoms with Crippen LogP contribution in [-0.2, 0) is 0 Å². The molecule has 0 radical (unpaired) electrons. The van der Waals surface area contributed by atoms with Crippen LogP contribution in [0.5, 0.6) is 0 Å². The van der Waals surface area contributed by atoms with Gasteiger partial charge >= 0.3 is 0 Å². The fraction of sp³-hybridized carbons (Fsp3) is 0.273. The minimum Gasteiger partial charge on any atom is -0.348 e. The van der Waals surface area contributed by atoms with E-state index >= 15 is 0 Å². The lowest BCUT2D eigenvalue weighted by Gasteiger charge is -1.98. The smallest absolute Gasteiger partial charge is 0.284 e. The van der Waals surface area contributed by atoms with Crippen molar-refractivity contribution >= 4 is 0 Å². The van der Waals surface area contributed by atoms with Crippen LogP contribution in [0.2, 0.25) is 0 Å². The van der Waals surface area contributed by atoms with E-state index in [1.165, 1.54) is 0 Å². The number of nitrogens with zero attached hydrogens (tertiary/aromatic N) is 2. The zero-order valence-corrected chi connectivity index (χ0v) is 8.90. The molecule has 0 saturated carbocycles. The van der Waals surface area contributed by atoms with Crippen LogP contribution >= 0.6 is 0 Å². The molecule has 0 saturated heterocycles. The Labute approximate surface area is 88.1 Å². The SMILES string of the molecule is Cc1ccccc1-c1noc([C@H](C)[NH3+])n1. The molecule has 78 valence electrons. The van der Waals surface area contributed by atoms with E-state index in [2.05, 4.69) is 15.9 Å². The summed E-state index contributed by atoms with van der Waals surface area (Å²) in [5.41, 5.74) is 5.99. The highest BCUT2D eigenvalue weighted by atomic mass is 16.5. The molecule has 0 bridgehead atoms. The molecule has 0 amide bonds. The first kappa shape index (κ1) is 9.86. The van der Waals surface area contributed by atoms with Gasteiger partial charge in [-0.25, -0.2) is 0 Å². The van der Waals surface area contributed by atoms with Gasteiger partial charge in [-0.05, 0) is 19.4 Å². The summed E-state index contributed by atoms with van der Waals surface area (Å²) >= 11 is 0. The highest BCUT2D eigenvalue weighted by Gasteiger charge is 2.14. The number of hydrogen-bond acceptors (Lipinski definition) is 3. The van der Waals surface area contributed by atoms with Gasteiger partial charge in [0.15, 0.2) is 6.04 Å². The van der Waals surface area contributed by atoms with E-state index in [9.17, 15) is 0 Å². The number of aromatic nitrogens is 2. The van der Waals surface area contributed by atoms with Crippen LogP contribution in [0, 0.1) is 6.92 Å². The van der Waals surface area contributed by atoms with Crippen molar-refractivity contribution in [3.05, 3.63) is 35.7 Å². The summed E-state index contributed by atoms with van der Waals surface area (Å²) in [5.74, 6) is 1.21. The van der Waals surface area contributed by atoms with Crippen LogP contribution in [0.15, 0.2) is 28.8 Å². The minimum atomic E-state index is 0.0234. The van der Waals surface area contributed by atoms with Gasteiger partial charge in [-0.1, -0.05) is 29.4 Å². The summed E-state index contributed by atoms with van der Waals surface area (Å²) < 4.78 is 5.11. The normalized spacial score (nSPS) is 12.7. The van der Waals surface area contributed by atoms with E-state index < -0.39 is 0 Å². The van der Waals surface area contributed by atoms with Crippen molar-refractivity contribution in [1.82, 2.24) is 10.1 Å². The molecular formula is C11H14N3O+. The van der Waals surface area contributed by atoms with Crippen molar-refractivity contribution in [2.24, 2.45) is 0 Å². The van der Waals surface area contributed by atoms with Gasteiger partial charge < -0.3 is 10.3 Å². The quantitative estimate of drug-likeness (QED) is 0.802. The summed E-state index contributed by atoms with van der Waals surface area (Å²) in [7, 11) is 0. The van der Waals surface area contributed by atoms with Crippen molar-refractivity contribution < 1.29 is 10.3 Å². The van der Waals surface area contributed by atoms with E-state index in [1.54, 1.807) is 0 Å². The highest BCUT2D eigenvalue weighted by Crippen LogP contribution is 2.20. The second kappa shape index (κ2) is 3.82. The Morgan fingerprint density at radius 3 is 2.67 bits per heavy atom. The van der Waals surface area contributed by atoms with Gasteiger partial charge in [-0.15, -0.1) is 0 Å². The average molecular weight is 204 g/mol. The van der Waals surface area contributed by atoms with Gasteiger partial charge in [0.25, 0.3) is 5.89 Å². The third-order valence-corrected chi connectivity index (χ3v) is 2.25. The second-order valence-corrected chi connectivity index (χ2v) is 3.67. The summed E-state index contributed by atoms with van der Waals surface area (Å²) in [5, 5.41) is 3.94. The maximum atomic E-state index is 5.11. The van der Waals surface area contributed by atoms with E-state index in [1.807, 2.05) is 38.1 Å². The predicted molar refractivity (Wildman–Crippen MR) is 55.8 cm³/mol. The standard InChI is InChI=1S/C11H13N3O/c1-7-5-3-4-6-9(7)10-13-11(8(2)12)15-14-10/h3-6,8H,12H2,1-2H3/p+1/t8-/m0/s1. The molecule has 0 spiro atoms. The highest BCUT2D eigenvalue weighted by molar-refractivity contribution is 5.58. The van der Waals surface area contributed by atoms with Crippen molar-refractivity contribution in [2.45, 2.75) is 19.9 Å². The maximum Gasteiger partial charge on any atom is 0.284 e. The van der Waals surface area contributed by atoms with Crippen LogP contribution in [0.4, 0.5) is 0 Å². The third kappa shape index (κ3) is 1.89. The summed E-state index contributed by atoms with van der Waals surface area (Å²) in [6.07, 6.45) is 0. The second-order valence-electron chi connectivity index (χ2n) is 3.67. The van der Waals surface area contributed by atoms with Crippen LogP contribution in [-0.4, -0.2) is 10.1 Å². The Balaban J connectivity index is 2.42. The Morgan fingerprint density at radius 2 is 2.07 bits per heavy atom. The molecule has 4 heteroatoms. The topological polar surface area (TPSA) is 66.6 Å². The number of rotatable bonds is 2. The van der Waals surface area contributed by atoms with E-state index in [-0.39, 0.29) is 6.04 Å². The monoisotopic (exact) mass is 204 g/mol. The molecule has 1 heterocycles. The molecule has 0 unspecified atom stereocenters. The van der Waals surface area contributed by atoms with E-state index in [0.29, 0.717) is 11.7 Å². The maximum absolute atomic E-state index is 5.11. The molecule has 0 aliphatic heterocycles. The Kier molecular flexibility index (Phi) is 2.51. The zero-order valence-electron chi connectivity index (χ0n) is 8.90. The fourth-order valence-corrected chi connectivity index (χ4v) is 1.37. The van der Waals surface area contributed by atoms with Gasteiger partial charge in [0.1, 0.15) is 0 Å². The number of aryl methyl sites for hydroxylation is 1. The van der Waals surface area contributed by atoms with Crippen molar-refractivity contribution in [2.75, 3.05) is 0 Å². The Morgan fingerprint density at radius 1 is 1.33 bits per heavy atom. The van der Waals surface area contributed by atoms with Crippen molar-refractivity contribution in [3.63, 3.8) is 0 Å². The molecule has 0 aliphatic rings. The first-order valence-corrected chi connectivity index (χ1v) is 4.91. The predicted octanol–water partition coefficient (Wildman–Crippen LogP) is 1.35. The van der Waals surface area contributed by atoms with Gasteiger partial charge in [-0.3, -0.25) is 0 Å². The summed E-state index contributed by atoms with van der Waals surface area (Å²) in [6.45, 7) is 3.95. The first-order chi connectivity index (χ1) is 7.18. The Hall–Kier alpha value is -1.68. The van der Waals surface area contributed by atoms with Gasteiger partial charge in [0, 0.05) is 5.56 Å². The molecule has 1 aromatic heterocycles. The van der Waals surface area contributed by atoms with Gasteiger partial charge in [-0.2, -0.15) is 4.98 Å². The van der Waals surface area contributed by atoms with Crippen molar-refractivity contribution in [3.8, 4) is 11.4 Å². The molecule has 1 atom stereocenters. The molecule has 0 fully saturated rings. The number of hydrogen-bond donors (Lipinski definition) is 1. The molecular weight excluding hydrogens is 190 g/mol. The lowest BCUT2D eigenvalue weighted by molar-refractivity contribution is -0.425. The fourth-order valence-electron chi connectivity index (χ4n) is 1.37. The molecule has 2 rings (SSSR count). The van der Waals surface area contributed by atoms with Gasteiger partial charge in [0.05, 0.1) is 0 Å². The lowest BCUT2D eigenvalue weighted by atomic mass is 10.1. The lowest BCUT2D eigenvalue weighted by Crippen LogP contribution is -2.51.